The Morgan fingerprint density at radius 1 is 1.20 bits per heavy atom. The summed E-state index contributed by atoms with van der Waals surface area (Å²) in [5.41, 5.74) is 2.69. The number of hydrogen-bond donors (Lipinski definition) is 0. The molecule has 0 saturated heterocycles. The van der Waals surface area contributed by atoms with E-state index in [9.17, 15) is 0 Å². The number of ether oxygens (including phenoxy) is 1. The van der Waals surface area contributed by atoms with Gasteiger partial charge in [-0.1, -0.05) is 29.3 Å². The molecule has 3 aromatic rings. The van der Waals surface area contributed by atoms with Crippen molar-refractivity contribution in [2.24, 2.45) is 4.99 Å². The lowest BCUT2D eigenvalue weighted by atomic mass is 10.1. The van der Waals surface area contributed by atoms with Gasteiger partial charge in [-0.05, 0) is 42.5 Å². The van der Waals surface area contributed by atoms with Gasteiger partial charge in [-0.2, -0.15) is 0 Å². The van der Waals surface area contributed by atoms with Gasteiger partial charge in [0.2, 0.25) is 0 Å². The van der Waals surface area contributed by atoms with Crippen LogP contribution in [0.15, 0.2) is 65.5 Å². The Hall–Kier alpha value is -2.01. The van der Waals surface area contributed by atoms with Crippen LogP contribution in [0.2, 0.25) is 10.0 Å². The van der Waals surface area contributed by atoms with Crippen molar-refractivity contribution in [2.75, 3.05) is 7.11 Å². The van der Waals surface area contributed by atoms with E-state index < -0.39 is 0 Å². The van der Waals surface area contributed by atoms with E-state index in [1.54, 1.807) is 30.6 Å². The SMILES string of the molecule is C=CCn1c(-c2cc(Cl)ccc2Cl)csc1=Nc1ccc(OC)cc1. The summed E-state index contributed by atoms with van der Waals surface area (Å²) in [6, 6.07) is 13.1. The summed E-state index contributed by atoms with van der Waals surface area (Å²) in [5.74, 6) is 0.801. The highest BCUT2D eigenvalue weighted by Crippen LogP contribution is 2.31. The maximum Gasteiger partial charge on any atom is 0.190 e. The molecule has 0 radical (unpaired) electrons. The van der Waals surface area contributed by atoms with Crippen molar-refractivity contribution in [3.63, 3.8) is 0 Å². The summed E-state index contributed by atoms with van der Waals surface area (Å²) in [4.78, 5) is 5.59. The summed E-state index contributed by atoms with van der Waals surface area (Å²) in [7, 11) is 1.64. The second-order valence-corrected chi connectivity index (χ2v) is 6.92. The van der Waals surface area contributed by atoms with Gasteiger partial charge in [-0.3, -0.25) is 0 Å². The molecular formula is C19H16Cl2N2OS. The predicted molar refractivity (Wildman–Crippen MR) is 106 cm³/mol. The molecule has 0 spiro atoms. The molecule has 0 aliphatic heterocycles. The maximum absolute atomic E-state index is 6.37. The lowest BCUT2D eigenvalue weighted by Gasteiger charge is -2.09. The van der Waals surface area contributed by atoms with E-state index in [0.717, 1.165) is 27.5 Å². The summed E-state index contributed by atoms with van der Waals surface area (Å²) in [6.45, 7) is 4.47. The predicted octanol–water partition coefficient (Wildman–Crippen LogP) is 5.95. The number of rotatable bonds is 5. The molecule has 1 heterocycles. The van der Waals surface area contributed by atoms with Crippen LogP contribution in [0.1, 0.15) is 0 Å². The molecule has 0 amide bonds. The van der Waals surface area contributed by atoms with Gasteiger partial charge in [-0.25, -0.2) is 4.99 Å². The van der Waals surface area contributed by atoms with Crippen molar-refractivity contribution in [2.45, 2.75) is 6.54 Å². The molecule has 0 aliphatic carbocycles. The minimum Gasteiger partial charge on any atom is -0.497 e. The molecule has 0 unspecified atom stereocenters. The number of nitrogens with zero attached hydrogens (tertiary/aromatic N) is 2. The highest BCUT2D eigenvalue weighted by Gasteiger charge is 2.11. The molecule has 6 heteroatoms. The first-order chi connectivity index (χ1) is 12.1. The molecule has 1 aromatic heterocycles. The number of methoxy groups -OCH3 is 1. The normalized spacial score (nSPS) is 11.6. The van der Waals surface area contributed by atoms with Crippen molar-refractivity contribution in [3.05, 3.63) is 75.3 Å². The van der Waals surface area contributed by atoms with E-state index >= 15 is 0 Å². The molecule has 2 aromatic carbocycles. The fraction of sp³-hybridized carbons (Fsp3) is 0.105. The molecule has 128 valence electrons. The van der Waals surface area contributed by atoms with Gasteiger partial charge in [0.25, 0.3) is 0 Å². The largest absolute Gasteiger partial charge is 0.497 e. The van der Waals surface area contributed by atoms with Crippen molar-refractivity contribution in [3.8, 4) is 17.0 Å². The van der Waals surface area contributed by atoms with Crippen LogP contribution < -0.4 is 9.54 Å². The zero-order valence-electron chi connectivity index (χ0n) is 13.6. The monoisotopic (exact) mass is 390 g/mol. The van der Waals surface area contributed by atoms with Gasteiger partial charge in [-0.15, -0.1) is 17.9 Å². The first-order valence-electron chi connectivity index (χ1n) is 7.56. The first kappa shape index (κ1) is 17.8. The molecule has 0 atom stereocenters. The first-order valence-corrected chi connectivity index (χ1v) is 9.19. The third-order valence-electron chi connectivity index (χ3n) is 3.61. The molecular weight excluding hydrogens is 375 g/mol. The van der Waals surface area contributed by atoms with E-state index in [4.69, 9.17) is 32.9 Å². The number of aromatic nitrogens is 1. The van der Waals surface area contributed by atoms with Crippen LogP contribution in [0.3, 0.4) is 0 Å². The zero-order chi connectivity index (χ0) is 17.8. The van der Waals surface area contributed by atoms with Crippen molar-refractivity contribution >= 4 is 40.2 Å². The smallest absolute Gasteiger partial charge is 0.190 e. The lowest BCUT2D eigenvalue weighted by Crippen LogP contribution is -2.14. The maximum atomic E-state index is 6.37. The third kappa shape index (κ3) is 3.98. The Labute approximate surface area is 160 Å². The minimum absolute atomic E-state index is 0.622. The molecule has 0 aliphatic rings. The number of benzene rings is 2. The van der Waals surface area contributed by atoms with E-state index in [1.807, 2.05) is 41.8 Å². The summed E-state index contributed by atoms with van der Waals surface area (Å²) < 4.78 is 7.25. The Morgan fingerprint density at radius 3 is 2.64 bits per heavy atom. The molecule has 0 fully saturated rings. The standard InChI is InChI=1S/C19H16Cl2N2OS/c1-3-10-23-18(16-11-13(20)4-9-17(16)21)12-25-19(23)22-14-5-7-15(24-2)8-6-14/h3-9,11-12H,1,10H2,2H3. The van der Waals surface area contributed by atoms with Crippen LogP contribution >= 0.6 is 34.5 Å². The summed E-state index contributed by atoms with van der Waals surface area (Å²) in [6.07, 6.45) is 1.84. The molecule has 25 heavy (non-hydrogen) atoms. The Balaban J connectivity index is 2.12. The second-order valence-electron chi connectivity index (χ2n) is 5.24. The fourth-order valence-corrected chi connectivity index (χ4v) is 3.72. The molecule has 3 rings (SSSR count). The highest BCUT2D eigenvalue weighted by atomic mass is 35.5. The van der Waals surface area contributed by atoms with Crippen LogP contribution in [0.5, 0.6) is 5.75 Å². The average molecular weight is 391 g/mol. The average Bonchev–Trinajstić information content (AvgIpc) is 3.00. The lowest BCUT2D eigenvalue weighted by molar-refractivity contribution is 0.415. The van der Waals surface area contributed by atoms with Gasteiger partial charge < -0.3 is 9.30 Å². The van der Waals surface area contributed by atoms with Crippen LogP contribution in [0.4, 0.5) is 5.69 Å². The summed E-state index contributed by atoms with van der Waals surface area (Å²) >= 11 is 14.1. The number of hydrogen-bond acceptors (Lipinski definition) is 3. The number of halogens is 2. The van der Waals surface area contributed by atoms with Crippen LogP contribution in [-0.4, -0.2) is 11.7 Å². The van der Waals surface area contributed by atoms with Gasteiger partial charge >= 0.3 is 0 Å². The Kier molecular flexibility index (Phi) is 5.63. The zero-order valence-corrected chi connectivity index (χ0v) is 15.9. The van der Waals surface area contributed by atoms with Crippen LogP contribution in [0.25, 0.3) is 11.3 Å². The number of allylic oxidation sites excluding steroid dienone is 1. The van der Waals surface area contributed by atoms with E-state index in [1.165, 1.54) is 0 Å². The highest BCUT2D eigenvalue weighted by molar-refractivity contribution is 7.07. The molecule has 0 saturated carbocycles. The topological polar surface area (TPSA) is 26.5 Å². The molecule has 3 nitrogen and oxygen atoms in total. The second kappa shape index (κ2) is 7.91. The van der Waals surface area contributed by atoms with Gasteiger partial charge in [0.05, 0.1) is 23.5 Å². The van der Waals surface area contributed by atoms with Gasteiger partial charge in [0, 0.05) is 22.5 Å². The van der Waals surface area contributed by atoms with E-state index in [2.05, 4.69) is 11.1 Å². The summed E-state index contributed by atoms with van der Waals surface area (Å²) in [5, 5.41) is 3.32. The Bertz CT molecular complexity index is 958. The van der Waals surface area contributed by atoms with Crippen molar-refractivity contribution in [1.82, 2.24) is 4.57 Å². The molecule has 0 bridgehead atoms. The van der Waals surface area contributed by atoms with Gasteiger partial charge in [0.1, 0.15) is 5.75 Å². The van der Waals surface area contributed by atoms with Crippen LogP contribution in [-0.2, 0) is 6.54 Å². The minimum atomic E-state index is 0.622. The third-order valence-corrected chi connectivity index (χ3v) is 5.04. The van der Waals surface area contributed by atoms with E-state index in [0.29, 0.717) is 16.6 Å². The van der Waals surface area contributed by atoms with Crippen molar-refractivity contribution < 1.29 is 4.74 Å². The van der Waals surface area contributed by atoms with E-state index in [-0.39, 0.29) is 0 Å². The fourth-order valence-electron chi connectivity index (χ4n) is 2.40. The van der Waals surface area contributed by atoms with Crippen molar-refractivity contribution in [1.29, 1.82) is 0 Å². The quantitative estimate of drug-likeness (QED) is 0.494. The van der Waals surface area contributed by atoms with Gasteiger partial charge in [0.15, 0.2) is 4.80 Å². The number of thiazole rings is 1. The van der Waals surface area contributed by atoms with Crippen LogP contribution in [0, 0.1) is 0 Å². The Morgan fingerprint density at radius 2 is 1.96 bits per heavy atom. The molecule has 0 N–H and O–H groups in total.